The maximum Gasteiger partial charge on any atom is 0.317 e. The number of hydrogen-bond acceptors (Lipinski definition) is 22. The molecule has 30 nitrogen and oxygen atoms in total. The van der Waals surface area contributed by atoms with Gasteiger partial charge >= 0.3 is 23.9 Å². The van der Waals surface area contributed by atoms with Crippen LogP contribution in [0.15, 0.2) is 48.5 Å². The van der Waals surface area contributed by atoms with Crippen LogP contribution in [0, 0.1) is 11.8 Å². The fourth-order valence-electron chi connectivity index (χ4n) is 13.5. The maximum absolute atomic E-state index is 15.0. The van der Waals surface area contributed by atoms with E-state index in [0.29, 0.717) is 67.3 Å². The van der Waals surface area contributed by atoms with Crippen molar-refractivity contribution in [3.63, 3.8) is 0 Å². The molecule has 4 heterocycles. The summed E-state index contributed by atoms with van der Waals surface area (Å²) in [5.41, 5.74) is 8.75. The number of nitrogens with one attached hydrogen (secondary N) is 4. The van der Waals surface area contributed by atoms with Crippen LogP contribution in [0.4, 0.5) is 0 Å². The summed E-state index contributed by atoms with van der Waals surface area (Å²) >= 11 is 4.37. The molecule has 3 saturated heterocycles. The van der Waals surface area contributed by atoms with Crippen molar-refractivity contribution in [2.75, 3.05) is 115 Å². The van der Waals surface area contributed by atoms with Crippen molar-refractivity contribution in [3.05, 3.63) is 70.8 Å². The van der Waals surface area contributed by atoms with E-state index in [1.807, 2.05) is 30.0 Å². The molecule has 0 spiro atoms. The Balaban J connectivity index is 1.30. The first kappa shape index (κ1) is 87.4. The summed E-state index contributed by atoms with van der Waals surface area (Å²) in [5.74, 6) is -10.2. The van der Waals surface area contributed by atoms with Gasteiger partial charge in [-0.15, -0.1) is 0 Å². The number of ketones is 3. The van der Waals surface area contributed by atoms with E-state index in [-0.39, 0.29) is 159 Å². The number of aliphatic hydroxyl groups excluding tert-OH is 1. The van der Waals surface area contributed by atoms with Gasteiger partial charge < -0.3 is 62.3 Å². The van der Waals surface area contributed by atoms with Gasteiger partial charge in [-0.05, 0) is 86.3 Å². The normalized spacial score (nSPS) is 22.9. The monoisotopic (exact) mass is 1540 g/mol. The lowest BCUT2D eigenvalue weighted by molar-refractivity contribution is -0.148. The number of carbonyl (C=O) groups excluding carboxylic acids is 10. The highest BCUT2D eigenvalue weighted by molar-refractivity contribution is 7.99. The van der Waals surface area contributed by atoms with Gasteiger partial charge in [0.25, 0.3) is 0 Å². The van der Waals surface area contributed by atoms with Crippen LogP contribution >= 0.6 is 35.3 Å². The molecule has 33 heteroatoms. The quantitative estimate of drug-likeness (QED) is 0.0499. The van der Waals surface area contributed by atoms with E-state index in [1.165, 1.54) is 40.2 Å². The summed E-state index contributed by atoms with van der Waals surface area (Å²) in [6, 6.07) is 7.94. The first-order chi connectivity index (χ1) is 50.7. The second kappa shape index (κ2) is 46.0. The van der Waals surface area contributed by atoms with Gasteiger partial charge in [-0.1, -0.05) is 68.3 Å². The Kier molecular flexibility index (Phi) is 37.9. The van der Waals surface area contributed by atoms with Crippen molar-refractivity contribution in [1.82, 2.24) is 50.7 Å². The number of aliphatic hydroxyl groups is 1. The average Bonchev–Trinajstić information content (AvgIpc) is 1.64. The van der Waals surface area contributed by atoms with Gasteiger partial charge in [-0.3, -0.25) is 86.7 Å². The lowest BCUT2D eigenvalue weighted by Crippen LogP contribution is -2.61. The number of carboxylic acid groups (broad SMARTS) is 4. The fourth-order valence-corrected chi connectivity index (χ4v) is 16.5. The second-order valence-corrected chi connectivity index (χ2v) is 31.0. The number of nitrogens with zero attached hydrogens (tertiary/aromatic N) is 6. The van der Waals surface area contributed by atoms with Gasteiger partial charge in [-0.2, -0.15) is 35.3 Å². The molecule has 0 radical (unpaired) electrons. The number of hydrogen-bond donors (Lipinski definition) is 10. The van der Waals surface area contributed by atoms with Gasteiger partial charge in [0.2, 0.25) is 41.4 Å². The molecule has 11 N–H and O–H groups in total. The molecule has 0 saturated carbocycles. The Labute approximate surface area is 631 Å². The Morgan fingerprint density at radius 1 is 0.594 bits per heavy atom. The van der Waals surface area contributed by atoms with E-state index in [9.17, 15) is 87.9 Å². The lowest BCUT2D eigenvalue weighted by Gasteiger charge is -2.33. The number of nitrogens with two attached hydrogens (primary N) is 1. The zero-order valence-electron chi connectivity index (χ0n) is 60.8. The molecule has 0 aliphatic carbocycles. The predicted octanol–water partition coefficient (Wildman–Crippen LogP) is 1.87. The topological polar surface area (TPSA) is 434 Å². The molecular weight excluding hydrogens is 1430 g/mol. The predicted molar refractivity (Wildman–Crippen MR) is 399 cm³/mol. The molecule has 586 valence electrons. The smallest absolute Gasteiger partial charge is 0.317 e. The maximum atomic E-state index is 15.0. The molecule has 2 aromatic rings. The average molecular weight is 1540 g/mol. The second-order valence-electron chi connectivity index (χ2n) is 27.8. The van der Waals surface area contributed by atoms with E-state index in [1.54, 1.807) is 56.8 Å². The van der Waals surface area contributed by atoms with E-state index in [0.717, 1.165) is 29.5 Å². The lowest BCUT2D eigenvalue weighted by atomic mass is 9.94. The van der Waals surface area contributed by atoms with Gasteiger partial charge in [0.05, 0.1) is 56.6 Å². The molecule has 8 atom stereocenters. The standard InChI is InChI=1S/C73H107N11O19S3/c1-3-4-6-14-55(86)37-54-47-106-45-52-34-50(43-104-32-11-15-56(87)39-79-24-26-80(40-64(92)93)28-30-82(42-66(96)97)31-29-81(27-25-79)41-65(94)95)33-51(35-52)44-105-46-53(68(98)75-21-20-63(90)91)38-61(88)58(36-49-12-7-5-8-13-49)77-69(99)57(18-19-62(74)89)76-71(101)67(48(2)85)78-70(100)59-16-9-22-83(59)73(103)60-17-10-23-84(60)72(54)102/h5,7-8,12-13,33-35,48,53-54,57-60,67,85H,3-4,6,9-11,14-32,36-47H2,1-2H3,(H2,74,89)(H,75,98)(H,76,101)(H,77,99)(H,78,100)(H,90,91)(H,92,93)(H,94,95)(H,96,97)/t48-,53+,54+,57+,58+,59+,60+,67+/m1/s1. The Bertz CT molecular complexity index is 3310. The number of rotatable bonds is 30. The Hall–Kier alpha value is -7.53. The molecule has 106 heavy (non-hydrogen) atoms. The number of amides is 7. The number of benzene rings is 2. The van der Waals surface area contributed by atoms with E-state index in [2.05, 4.69) is 21.3 Å². The number of carbonyl (C=O) groups is 14. The molecule has 0 unspecified atom stereocenters. The SMILES string of the molecule is CCCCCC(=O)C[C@H]1CSCc2cc(CSCCCC(=O)CN3CCN(CC(=O)O)CCN(CC(=O)O)CCN(CC(=O)O)CC3)cc(c2)CSC[C@@H](C(=O)NCCC(=O)O)CC(=O)[C@H](Cc2ccccc2)NC(=O)[C@H](CCC(N)=O)NC(=O)[C@H]([C@@H](C)O)NC(=O)[C@@H]2CCCN2C(=O)[C@@H]2CCCN2C1=O. The summed E-state index contributed by atoms with van der Waals surface area (Å²) in [6.07, 6.45) is 1.20. The van der Waals surface area contributed by atoms with Crippen molar-refractivity contribution >= 4 is 118 Å². The van der Waals surface area contributed by atoms with Crippen molar-refractivity contribution in [3.8, 4) is 0 Å². The van der Waals surface area contributed by atoms with E-state index >= 15 is 4.79 Å². The van der Waals surface area contributed by atoms with Crippen molar-refractivity contribution in [1.29, 1.82) is 0 Å². The number of primary amides is 1. The number of Topliss-reactive ketones (excluding diaryl/α,β-unsaturated/α-hetero) is 3. The van der Waals surface area contributed by atoms with Gasteiger partial charge in [0.1, 0.15) is 35.7 Å². The van der Waals surface area contributed by atoms with Crippen molar-refractivity contribution in [2.45, 2.75) is 170 Å². The minimum Gasteiger partial charge on any atom is -0.481 e. The van der Waals surface area contributed by atoms with Crippen LogP contribution < -0.4 is 27.0 Å². The van der Waals surface area contributed by atoms with Crippen LogP contribution in [0.3, 0.4) is 0 Å². The fraction of sp³-hybridized carbons (Fsp3) is 0.644. The molecule has 2 bridgehead atoms. The Morgan fingerprint density at radius 2 is 1.14 bits per heavy atom. The van der Waals surface area contributed by atoms with Gasteiger partial charge in [0, 0.05) is 133 Å². The summed E-state index contributed by atoms with van der Waals surface area (Å²) in [6.45, 7) is 4.55. The van der Waals surface area contributed by atoms with Crippen molar-refractivity contribution < 1.29 is 92.7 Å². The van der Waals surface area contributed by atoms with Crippen LogP contribution in [-0.2, 0) is 90.8 Å². The zero-order chi connectivity index (χ0) is 77.2. The summed E-state index contributed by atoms with van der Waals surface area (Å²) in [7, 11) is 0. The molecule has 6 rings (SSSR count). The number of thioether (sulfide) groups is 3. The summed E-state index contributed by atoms with van der Waals surface area (Å²) in [5, 5.41) is 60.1. The number of fused-ring (bicyclic) bond motifs is 4. The van der Waals surface area contributed by atoms with Crippen LogP contribution in [-0.4, -0.2) is 289 Å². The highest BCUT2D eigenvalue weighted by Gasteiger charge is 2.45. The zero-order valence-corrected chi connectivity index (χ0v) is 63.3. The van der Waals surface area contributed by atoms with E-state index < -0.39 is 133 Å². The highest BCUT2D eigenvalue weighted by atomic mass is 32.2. The van der Waals surface area contributed by atoms with Crippen LogP contribution in [0.25, 0.3) is 0 Å². The molecular formula is C73H107N11O19S3. The van der Waals surface area contributed by atoms with Crippen molar-refractivity contribution in [2.24, 2.45) is 17.6 Å². The number of aliphatic carboxylic acids is 4. The van der Waals surface area contributed by atoms with Crippen LogP contribution in [0.5, 0.6) is 0 Å². The highest BCUT2D eigenvalue weighted by Crippen LogP contribution is 2.31. The molecule has 4 aliphatic heterocycles. The first-order valence-corrected chi connectivity index (χ1v) is 40.1. The minimum atomic E-state index is -1.71. The molecule has 7 amide bonds. The Morgan fingerprint density at radius 3 is 1.70 bits per heavy atom. The number of unbranched alkanes of at least 4 members (excludes halogenated alkanes) is 2. The molecule has 4 aliphatic rings. The third-order valence-electron chi connectivity index (χ3n) is 19.1. The van der Waals surface area contributed by atoms with Gasteiger partial charge in [-0.25, -0.2) is 0 Å². The largest absolute Gasteiger partial charge is 0.481 e. The third kappa shape index (κ3) is 31.0. The molecule has 2 aromatic carbocycles. The third-order valence-corrected chi connectivity index (χ3v) is 22.5. The van der Waals surface area contributed by atoms with Crippen LogP contribution in [0.1, 0.15) is 132 Å². The summed E-state index contributed by atoms with van der Waals surface area (Å²) in [4.78, 5) is 199. The molecule has 0 aromatic heterocycles. The number of carboxylic acids is 4. The van der Waals surface area contributed by atoms with Gasteiger partial charge in [0.15, 0.2) is 5.78 Å². The first-order valence-electron chi connectivity index (χ1n) is 36.6. The molecule has 3 fully saturated rings. The minimum absolute atomic E-state index is 0.0259. The summed E-state index contributed by atoms with van der Waals surface area (Å²) < 4.78 is 0. The van der Waals surface area contributed by atoms with E-state index in [4.69, 9.17) is 5.73 Å². The van der Waals surface area contributed by atoms with Crippen LogP contribution in [0.2, 0.25) is 0 Å².